The lowest BCUT2D eigenvalue weighted by molar-refractivity contribution is -0.128. The number of pyridine rings is 1. The van der Waals surface area contributed by atoms with Gasteiger partial charge in [-0.15, -0.1) is 5.10 Å². The van der Waals surface area contributed by atoms with Gasteiger partial charge in [-0.1, -0.05) is 0 Å². The molecule has 3 atom stereocenters. The van der Waals surface area contributed by atoms with Gasteiger partial charge in [0.25, 0.3) is 5.91 Å². The van der Waals surface area contributed by atoms with Gasteiger partial charge in [0.2, 0.25) is 0 Å². The molecule has 0 saturated carbocycles. The molecule has 0 aliphatic carbocycles. The van der Waals surface area contributed by atoms with Gasteiger partial charge in [-0.05, 0) is 44.2 Å². The molecule has 11 heteroatoms. The second-order valence-electron chi connectivity index (χ2n) is 9.66. The van der Waals surface area contributed by atoms with Crippen LogP contribution in [0.5, 0.6) is 0 Å². The monoisotopic (exact) mass is 486 g/mol. The zero-order chi connectivity index (χ0) is 25.0. The molecule has 2 bridgehead atoms. The molecule has 0 aromatic carbocycles. The van der Waals surface area contributed by atoms with Crippen LogP contribution < -0.4 is 5.73 Å². The normalized spacial score (nSPS) is 22.9. The molecule has 0 radical (unpaired) electrons. The number of aliphatic hydroxyl groups is 1. The van der Waals surface area contributed by atoms with Crippen molar-refractivity contribution in [1.82, 2.24) is 24.5 Å². The summed E-state index contributed by atoms with van der Waals surface area (Å²) in [7, 11) is 0. The number of anilines is 1. The van der Waals surface area contributed by atoms with Gasteiger partial charge < -0.3 is 15.7 Å². The number of fused-ring (bicyclic) bond motifs is 3. The minimum atomic E-state index is -0.166. The molecule has 1 unspecified atom stereocenters. The minimum Gasteiger partial charge on any atom is -0.392 e. The Kier molecular flexibility index (Phi) is 5.36. The molecule has 6 rings (SSSR count). The summed E-state index contributed by atoms with van der Waals surface area (Å²) in [6, 6.07) is 1.94. The van der Waals surface area contributed by atoms with E-state index in [1.807, 2.05) is 11.0 Å². The lowest BCUT2D eigenvalue weighted by Crippen LogP contribution is -2.48. The molecule has 2 fully saturated rings. The number of rotatable bonds is 5. The van der Waals surface area contributed by atoms with Crippen molar-refractivity contribution in [2.75, 3.05) is 5.73 Å². The third-order valence-electron chi connectivity index (χ3n) is 7.50. The molecular weight excluding hydrogens is 460 g/mol. The van der Waals surface area contributed by atoms with E-state index in [1.165, 1.54) is 11.4 Å². The van der Waals surface area contributed by atoms with Gasteiger partial charge in [-0.3, -0.25) is 14.6 Å². The second-order valence-corrected chi connectivity index (χ2v) is 9.66. The predicted octanol–water partition coefficient (Wildman–Crippen LogP) is 2.14. The number of amides is 1. The Hall–Kier alpha value is -3.99. The molecule has 0 spiro atoms. The Morgan fingerprint density at radius 3 is 2.61 bits per heavy atom. The fraction of sp³-hybridized carbons (Fsp3) is 0.400. The molecule has 3 aliphatic heterocycles. The highest BCUT2D eigenvalue weighted by molar-refractivity contribution is 6.42. The van der Waals surface area contributed by atoms with Gasteiger partial charge in [0, 0.05) is 54.2 Å². The Morgan fingerprint density at radius 2 is 1.94 bits per heavy atom. The summed E-state index contributed by atoms with van der Waals surface area (Å²) in [6.45, 7) is 1.36. The zero-order valence-electron chi connectivity index (χ0n) is 19.8. The second kappa shape index (κ2) is 8.59. The fourth-order valence-corrected chi connectivity index (χ4v) is 5.90. The summed E-state index contributed by atoms with van der Waals surface area (Å²) in [4.78, 5) is 37.0. The van der Waals surface area contributed by atoms with E-state index in [2.05, 4.69) is 20.3 Å². The number of hydrogen-bond donors (Lipinski definition) is 2. The maximum Gasteiger partial charge on any atom is 0.271 e. The largest absolute Gasteiger partial charge is 0.392 e. The molecule has 36 heavy (non-hydrogen) atoms. The SMILES string of the molecule is CC(=O)c1c(C2C[C@H]3CC[C@@H](C2)N3C(=O)C2=NN=CC2)nc2c(-c3cncc(CO)c3)cnn2c1N. The molecule has 2 saturated heterocycles. The Balaban J connectivity index is 1.41. The topological polar surface area (TPSA) is 151 Å². The van der Waals surface area contributed by atoms with Gasteiger partial charge in [-0.2, -0.15) is 14.7 Å². The van der Waals surface area contributed by atoms with E-state index in [9.17, 15) is 14.7 Å². The standard InChI is InChI=1S/C25H26N8O3/c1-13(35)21-22(15-7-17-2-3-18(8-15)32(17)25(36)20-4-5-28-31-20)30-24-19(11-29-33(24)23(21)26)16-6-14(12-34)9-27-10-16/h5-6,9-11,15,17-18,34H,2-4,7-8,12,26H2,1H3/t15?,17-,18+. The molecule has 184 valence electrons. The molecule has 1 amide bonds. The van der Waals surface area contributed by atoms with E-state index in [-0.39, 0.29) is 42.1 Å². The van der Waals surface area contributed by atoms with Crippen LogP contribution in [0.4, 0.5) is 5.82 Å². The summed E-state index contributed by atoms with van der Waals surface area (Å²) in [5.74, 6) is 0.0243. The van der Waals surface area contributed by atoms with Gasteiger partial charge in [0.05, 0.1) is 24.1 Å². The van der Waals surface area contributed by atoms with Crippen LogP contribution in [0.25, 0.3) is 16.8 Å². The maximum absolute atomic E-state index is 13.1. The maximum atomic E-state index is 13.1. The molecule has 6 heterocycles. The van der Waals surface area contributed by atoms with Crippen LogP contribution in [-0.2, 0) is 11.4 Å². The third-order valence-corrected chi connectivity index (χ3v) is 7.50. The average Bonchev–Trinajstić information content (AvgIpc) is 3.62. The summed E-state index contributed by atoms with van der Waals surface area (Å²) in [6.07, 6.45) is 10.3. The van der Waals surface area contributed by atoms with Crippen molar-refractivity contribution in [2.24, 2.45) is 10.2 Å². The highest BCUT2D eigenvalue weighted by Crippen LogP contribution is 2.44. The first-order chi connectivity index (χ1) is 17.5. The van der Waals surface area contributed by atoms with Crippen LogP contribution in [0.15, 0.2) is 34.9 Å². The summed E-state index contributed by atoms with van der Waals surface area (Å²) in [5, 5.41) is 21.8. The first kappa shape index (κ1) is 22.5. The summed E-state index contributed by atoms with van der Waals surface area (Å²) >= 11 is 0. The van der Waals surface area contributed by atoms with Gasteiger partial charge in [0.1, 0.15) is 11.5 Å². The predicted molar refractivity (Wildman–Crippen MR) is 133 cm³/mol. The van der Waals surface area contributed by atoms with Crippen LogP contribution in [0.1, 0.15) is 66.6 Å². The summed E-state index contributed by atoms with van der Waals surface area (Å²) in [5.41, 5.74) is 10.7. The van der Waals surface area contributed by atoms with Crippen molar-refractivity contribution in [3.63, 3.8) is 0 Å². The Morgan fingerprint density at radius 1 is 1.17 bits per heavy atom. The molecular formula is C25H26N8O3. The number of piperidine rings is 1. The highest BCUT2D eigenvalue weighted by atomic mass is 16.3. The zero-order valence-corrected chi connectivity index (χ0v) is 19.8. The lowest BCUT2D eigenvalue weighted by Gasteiger charge is -2.39. The number of nitrogens with two attached hydrogens (primary N) is 1. The number of hydrogen-bond acceptors (Lipinski definition) is 9. The van der Waals surface area contributed by atoms with Gasteiger partial charge >= 0.3 is 0 Å². The number of carbonyl (C=O) groups excluding carboxylic acids is 2. The van der Waals surface area contributed by atoms with E-state index >= 15 is 0 Å². The quantitative estimate of drug-likeness (QED) is 0.524. The number of carbonyl (C=O) groups is 2. The molecule has 3 aromatic heterocycles. The van der Waals surface area contributed by atoms with E-state index in [0.29, 0.717) is 47.4 Å². The first-order valence-electron chi connectivity index (χ1n) is 12.1. The highest BCUT2D eigenvalue weighted by Gasteiger charge is 2.46. The molecule has 3 aliphatic rings. The van der Waals surface area contributed by atoms with Crippen LogP contribution in [0.2, 0.25) is 0 Å². The average molecular weight is 487 g/mol. The number of Topliss-reactive ketones (excluding diaryl/α,β-unsaturated/α-hetero) is 1. The third kappa shape index (κ3) is 3.49. The van der Waals surface area contributed by atoms with Crippen LogP contribution in [0.3, 0.4) is 0 Å². The summed E-state index contributed by atoms with van der Waals surface area (Å²) < 4.78 is 1.49. The van der Waals surface area contributed by atoms with E-state index in [4.69, 9.17) is 10.7 Å². The lowest BCUT2D eigenvalue weighted by atomic mass is 9.85. The Labute approximate surface area is 206 Å². The van der Waals surface area contributed by atoms with Crippen LogP contribution in [-0.4, -0.2) is 65.3 Å². The minimum absolute atomic E-state index is 0.0239. The van der Waals surface area contributed by atoms with Gasteiger partial charge in [0.15, 0.2) is 11.4 Å². The van der Waals surface area contributed by atoms with Crippen molar-refractivity contribution in [3.8, 4) is 11.1 Å². The number of nitrogens with zero attached hydrogens (tertiary/aromatic N) is 7. The van der Waals surface area contributed by atoms with Crippen molar-refractivity contribution in [3.05, 3.63) is 41.5 Å². The van der Waals surface area contributed by atoms with Gasteiger partial charge in [-0.25, -0.2) is 4.98 Å². The first-order valence-corrected chi connectivity index (χ1v) is 12.1. The van der Waals surface area contributed by atoms with Crippen molar-refractivity contribution in [1.29, 1.82) is 0 Å². The number of nitrogen functional groups attached to an aromatic ring is 1. The molecule has 3 N–H and O–H groups in total. The molecule has 11 nitrogen and oxygen atoms in total. The molecule has 3 aromatic rings. The van der Waals surface area contributed by atoms with Crippen LogP contribution in [0, 0.1) is 0 Å². The van der Waals surface area contributed by atoms with Crippen molar-refractivity contribution in [2.45, 2.75) is 63.6 Å². The van der Waals surface area contributed by atoms with E-state index < -0.39 is 0 Å². The number of aromatic nitrogens is 4. The van der Waals surface area contributed by atoms with E-state index in [1.54, 1.807) is 24.8 Å². The van der Waals surface area contributed by atoms with Crippen molar-refractivity contribution < 1.29 is 14.7 Å². The number of aliphatic hydroxyl groups excluding tert-OH is 1. The van der Waals surface area contributed by atoms with E-state index in [0.717, 1.165) is 24.0 Å². The fourth-order valence-electron chi connectivity index (χ4n) is 5.90. The smallest absolute Gasteiger partial charge is 0.271 e. The van der Waals surface area contributed by atoms with Crippen LogP contribution >= 0.6 is 0 Å². The van der Waals surface area contributed by atoms with Crippen molar-refractivity contribution >= 4 is 35.1 Å². The number of ketones is 1. The Bertz CT molecular complexity index is 1450.